The summed E-state index contributed by atoms with van der Waals surface area (Å²) in [6.45, 7) is 2.52. The van der Waals surface area contributed by atoms with Gasteiger partial charge >= 0.3 is 0 Å². The van der Waals surface area contributed by atoms with Gasteiger partial charge in [0.2, 0.25) is 0 Å². The molecule has 0 atom stereocenters. The number of carbonyl (C=O) groups excluding carboxylic acids is 1. The SMILES string of the molecule is CC1CCC(O)(CNC(=O)c2cc(Br)ccc2Br)CC1. The van der Waals surface area contributed by atoms with Crippen LogP contribution in [0, 0.1) is 5.92 Å². The summed E-state index contributed by atoms with van der Waals surface area (Å²) in [7, 11) is 0. The fourth-order valence-electron chi connectivity index (χ4n) is 2.49. The largest absolute Gasteiger partial charge is 0.388 e. The van der Waals surface area contributed by atoms with Gasteiger partial charge in [0.25, 0.3) is 5.91 Å². The van der Waals surface area contributed by atoms with Crippen LogP contribution in [0.15, 0.2) is 27.1 Å². The standard InChI is InChI=1S/C15H19Br2NO2/c1-10-4-6-15(20,7-5-10)9-18-14(19)12-8-11(16)2-3-13(12)17/h2-3,8,10,20H,4-7,9H2,1H3,(H,18,19). The zero-order valence-corrected chi connectivity index (χ0v) is 14.6. The van der Waals surface area contributed by atoms with Gasteiger partial charge in [0.15, 0.2) is 0 Å². The molecule has 2 N–H and O–H groups in total. The van der Waals surface area contributed by atoms with Crippen molar-refractivity contribution in [3.63, 3.8) is 0 Å². The highest BCUT2D eigenvalue weighted by Gasteiger charge is 2.32. The molecular formula is C15H19Br2NO2. The van der Waals surface area contributed by atoms with Crippen LogP contribution in [0.2, 0.25) is 0 Å². The second-order valence-electron chi connectivity index (χ2n) is 5.71. The molecule has 0 aliphatic heterocycles. The van der Waals surface area contributed by atoms with Crippen LogP contribution >= 0.6 is 31.9 Å². The van der Waals surface area contributed by atoms with Crippen molar-refractivity contribution >= 4 is 37.8 Å². The summed E-state index contributed by atoms with van der Waals surface area (Å²) in [5, 5.41) is 13.3. The van der Waals surface area contributed by atoms with E-state index in [0.29, 0.717) is 18.0 Å². The van der Waals surface area contributed by atoms with Gasteiger partial charge in [-0.1, -0.05) is 22.9 Å². The van der Waals surface area contributed by atoms with E-state index in [0.717, 1.165) is 34.6 Å². The van der Waals surface area contributed by atoms with Crippen LogP contribution in [-0.2, 0) is 0 Å². The molecule has 1 amide bonds. The smallest absolute Gasteiger partial charge is 0.252 e. The third-order valence-electron chi connectivity index (χ3n) is 3.96. The van der Waals surface area contributed by atoms with Crippen molar-refractivity contribution in [3.8, 4) is 0 Å². The summed E-state index contributed by atoms with van der Waals surface area (Å²) < 4.78 is 1.61. The van der Waals surface area contributed by atoms with Gasteiger partial charge in [0.1, 0.15) is 0 Å². The lowest BCUT2D eigenvalue weighted by Gasteiger charge is -2.35. The van der Waals surface area contributed by atoms with Crippen molar-refractivity contribution in [1.29, 1.82) is 0 Å². The Hall–Kier alpha value is -0.390. The molecule has 0 saturated heterocycles. The van der Waals surface area contributed by atoms with Gasteiger partial charge in [0, 0.05) is 15.5 Å². The van der Waals surface area contributed by atoms with Crippen LogP contribution < -0.4 is 5.32 Å². The van der Waals surface area contributed by atoms with Crippen molar-refractivity contribution in [2.75, 3.05) is 6.54 Å². The first-order valence-corrected chi connectivity index (χ1v) is 8.44. The van der Waals surface area contributed by atoms with Gasteiger partial charge in [-0.15, -0.1) is 0 Å². The summed E-state index contributed by atoms with van der Waals surface area (Å²) in [6, 6.07) is 5.47. The van der Waals surface area contributed by atoms with E-state index in [1.165, 1.54) is 0 Å². The number of amides is 1. The molecule has 1 aromatic rings. The second kappa shape index (κ2) is 6.58. The van der Waals surface area contributed by atoms with Crippen molar-refractivity contribution in [2.24, 2.45) is 5.92 Å². The number of benzene rings is 1. The quantitative estimate of drug-likeness (QED) is 0.802. The molecule has 0 bridgehead atoms. The minimum absolute atomic E-state index is 0.162. The van der Waals surface area contributed by atoms with Crippen LogP contribution in [-0.4, -0.2) is 23.2 Å². The molecule has 1 aromatic carbocycles. The van der Waals surface area contributed by atoms with E-state index in [-0.39, 0.29) is 5.91 Å². The Bertz CT molecular complexity index is 497. The maximum absolute atomic E-state index is 12.2. The molecule has 1 aliphatic carbocycles. The molecule has 1 fully saturated rings. The van der Waals surface area contributed by atoms with Gasteiger partial charge in [-0.05, 0) is 65.7 Å². The van der Waals surface area contributed by atoms with Gasteiger partial charge < -0.3 is 10.4 Å². The van der Waals surface area contributed by atoms with Crippen LogP contribution in [0.4, 0.5) is 0 Å². The Balaban J connectivity index is 1.97. The normalized spacial score (nSPS) is 26.3. The lowest BCUT2D eigenvalue weighted by molar-refractivity contribution is -0.00540. The van der Waals surface area contributed by atoms with E-state index in [2.05, 4.69) is 44.1 Å². The fourth-order valence-corrected chi connectivity index (χ4v) is 3.28. The first-order valence-electron chi connectivity index (χ1n) is 6.85. The maximum Gasteiger partial charge on any atom is 0.252 e. The van der Waals surface area contributed by atoms with Gasteiger partial charge in [-0.2, -0.15) is 0 Å². The Kier molecular flexibility index (Phi) is 5.26. The first kappa shape index (κ1) is 16.0. The Morgan fingerprint density at radius 3 is 2.70 bits per heavy atom. The maximum atomic E-state index is 12.2. The van der Waals surface area contributed by atoms with E-state index >= 15 is 0 Å². The van der Waals surface area contributed by atoms with E-state index in [1.54, 1.807) is 6.07 Å². The summed E-state index contributed by atoms with van der Waals surface area (Å²) in [6.07, 6.45) is 3.56. The molecule has 110 valence electrons. The number of carbonyl (C=O) groups is 1. The average Bonchev–Trinajstić information content (AvgIpc) is 2.43. The average molecular weight is 405 g/mol. The van der Waals surface area contributed by atoms with Crippen molar-refractivity contribution in [3.05, 3.63) is 32.7 Å². The predicted octanol–water partition coefficient (Wildman–Crippen LogP) is 3.88. The molecule has 0 heterocycles. The minimum atomic E-state index is -0.749. The fraction of sp³-hybridized carbons (Fsp3) is 0.533. The van der Waals surface area contributed by atoms with Gasteiger partial charge in [-0.25, -0.2) is 0 Å². The Morgan fingerprint density at radius 1 is 1.40 bits per heavy atom. The third kappa shape index (κ3) is 4.06. The molecule has 20 heavy (non-hydrogen) atoms. The molecule has 0 unspecified atom stereocenters. The van der Waals surface area contributed by atoms with E-state index in [1.807, 2.05) is 12.1 Å². The van der Waals surface area contributed by atoms with Crippen LogP contribution in [0.1, 0.15) is 43.0 Å². The third-order valence-corrected chi connectivity index (χ3v) is 5.14. The number of hydrogen-bond acceptors (Lipinski definition) is 2. The lowest BCUT2D eigenvalue weighted by atomic mass is 9.79. The number of aliphatic hydroxyl groups is 1. The molecular weight excluding hydrogens is 386 g/mol. The molecule has 0 radical (unpaired) electrons. The summed E-state index contributed by atoms with van der Waals surface area (Å²) in [5.74, 6) is 0.510. The molecule has 1 saturated carbocycles. The predicted molar refractivity (Wildman–Crippen MR) is 86.8 cm³/mol. The molecule has 0 spiro atoms. The first-order chi connectivity index (χ1) is 9.39. The molecule has 1 aliphatic rings. The molecule has 3 nitrogen and oxygen atoms in total. The highest BCUT2D eigenvalue weighted by atomic mass is 79.9. The highest BCUT2D eigenvalue weighted by molar-refractivity contribution is 9.11. The zero-order chi connectivity index (χ0) is 14.8. The van der Waals surface area contributed by atoms with E-state index in [4.69, 9.17) is 0 Å². The molecule has 2 rings (SSSR count). The van der Waals surface area contributed by atoms with Gasteiger partial charge in [-0.3, -0.25) is 4.79 Å². The van der Waals surface area contributed by atoms with E-state index in [9.17, 15) is 9.90 Å². The van der Waals surface area contributed by atoms with Crippen molar-refractivity contribution in [2.45, 2.75) is 38.2 Å². The number of hydrogen-bond donors (Lipinski definition) is 2. The molecule has 5 heteroatoms. The molecule has 0 aromatic heterocycles. The number of rotatable bonds is 3. The van der Waals surface area contributed by atoms with Crippen LogP contribution in [0.3, 0.4) is 0 Å². The number of halogens is 2. The van der Waals surface area contributed by atoms with Crippen molar-refractivity contribution < 1.29 is 9.90 Å². The number of nitrogens with one attached hydrogen (secondary N) is 1. The van der Waals surface area contributed by atoms with Crippen LogP contribution in [0.25, 0.3) is 0 Å². The Morgan fingerprint density at radius 2 is 2.05 bits per heavy atom. The monoisotopic (exact) mass is 403 g/mol. The zero-order valence-electron chi connectivity index (χ0n) is 11.5. The summed E-state index contributed by atoms with van der Waals surface area (Å²) >= 11 is 6.73. The highest BCUT2D eigenvalue weighted by Crippen LogP contribution is 2.31. The topological polar surface area (TPSA) is 49.3 Å². The minimum Gasteiger partial charge on any atom is -0.388 e. The van der Waals surface area contributed by atoms with Crippen LogP contribution in [0.5, 0.6) is 0 Å². The van der Waals surface area contributed by atoms with E-state index < -0.39 is 5.60 Å². The van der Waals surface area contributed by atoms with Crippen molar-refractivity contribution in [1.82, 2.24) is 5.32 Å². The second-order valence-corrected chi connectivity index (χ2v) is 7.48. The lowest BCUT2D eigenvalue weighted by Crippen LogP contribution is -2.45. The Labute approximate surface area is 136 Å². The summed E-state index contributed by atoms with van der Waals surface area (Å²) in [5.41, 5.74) is -0.173. The summed E-state index contributed by atoms with van der Waals surface area (Å²) in [4.78, 5) is 12.2. The van der Waals surface area contributed by atoms with Gasteiger partial charge in [0.05, 0.1) is 11.2 Å².